The van der Waals surface area contributed by atoms with Crippen molar-refractivity contribution in [1.82, 2.24) is 0 Å². The van der Waals surface area contributed by atoms with Gasteiger partial charge in [0.25, 0.3) is 0 Å². The van der Waals surface area contributed by atoms with Gasteiger partial charge in [0.2, 0.25) is 0 Å². The molecule has 0 unspecified atom stereocenters. The Hall–Kier alpha value is 0.114. The molecule has 0 N–H and O–H groups in total. The van der Waals surface area contributed by atoms with E-state index in [1.165, 1.54) is 0 Å². The van der Waals surface area contributed by atoms with Crippen LogP contribution in [0.2, 0.25) is 0 Å². The molecule has 0 amide bonds. The summed E-state index contributed by atoms with van der Waals surface area (Å²) in [6.45, 7) is 17.0. The molecule has 0 aliphatic rings. The molecule has 152 valence electrons. The van der Waals surface area contributed by atoms with E-state index in [0.717, 1.165) is 0 Å². The summed E-state index contributed by atoms with van der Waals surface area (Å²) in [4.78, 5) is 0. The molecule has 25 heavy (non-hydrogen) atoms. The second-order valence-electron chi connectivity index (χ2n) is 5.20. The zero-order valence-corrected chi connectivity index (χ0v) is 19.0. The van der Waals surface area contributed by atoms with Gasteiger partial charge in [-0.15, -0.1) is 0 Å². The molecule has 0 aromatic rings. The molecule has 0 radical (unpaired) electrons. The maximum atomic E-state index is 6.09. The Morgan fingerprint density at radius 3 is 0.840 bits per heavy atom. The van der Waals surface area contributed by atoms with E-state index < -0.39 is 23.9 Å². The molecule has 0 atom stereocenters. The first kappa shape index (κ1) is 25.1. The molecule has 0 aliphatic heterocycles. The quantitative estimate of drug-likeness (QED) is 0.289. The Morgan fingerprint density at radius 2 is 0.680 bits per heavy atom. The van der Waals surface area contributed by atoms with Crippen LogP contribution in [0.1, 0.15) is 55.4 Å². The molecule has 0 aromatic carbocycles. The summed E-state index contributed by atoms with van der Waals surface area (Å²) in [7, 11) is -6.74. The molecule has 0 aromatic heterocycles. The van der Waals surface area contributed by atoms with Gasteiger partial charge in [0.1, 0.15) is 0 Å². The Bertz CT molecular complexity index is 279. The molecule has 0 aliphatic carbocycles. The van der Waals surface area contributed by atoms with Crippen LogP contribution < -0.4 is 0 Å². The smallest absolute Gasteiger partial charge is 0.351 e. The van der Waals surface area contributed by atoms with E-state index in [9.17, 15) is 0 Å². The second kappa shape index (κ2) is 12.5. The Morgan fingerprint density at radius 1 is 0.480 bits per heavy atom. The van der Waals surface area contributed by atoms with Crippen LogP contribution in [-0.2, 0) is 35.4 Å². The van der Waals surface area contributed by atoms with Gasteiger partial charge in [0.05, 0.1) is 0 Å². The molecular weight excluding hydrogens is 364 g/mol. The lowest BCUT2D eigenvalue weighted by atomic mass is 10.4. The van der Waals surface area contributed by atoms with Gasteiger partial charge in [0.15, 0.2) is 5.79 Å². The summed E-state index contributed by atoms with van der Waals surface area (Å²) in [5.41, 5.74) is 0. The fourth-order valence-corrected chi connectivity index (χ4v) is 6.46. The fraction of sp³-hybridized carbons (Fsp3) is 1.00. The number of hydrogen-bond acceptors (Lipinski definition) is 8. The predicted octanol–water partition coefficient (Wildman–Crippen LogP) is 2.85. The topological polar surface area (TPSA) is 73.8 Å². The van der Waals surface area contributed by atoms with Gasteiger partial charge < -0.3 is 35.4 Å². The average molecular weight is 401 g/mol. The molecule has 0 spiro atoms. The lowest BCUT2D eigenvalue weighted by Gasteiger charge is -2.39. The summed E-state index contributed by atoms with van der Waals surface area (Å²) in [6, 6.07) is 0. The fourth-order valence-electron chi connectivity index (χ4n) is 2.11. The molecular formula is C15H36O8Si2. The van der Waals surface area contributed by atoms with E-state index in [-0.39, 0.29) is 0 Å². The maximum Gasteiger partial charge on any atom is 0.681 e. The summed E-state index contributed by atoms with van der Waals surface area (Å²) >= 11 is 0. The summed E-state index contributed by atoms with van der Waals surface area (Å²) in [5, 5.41) is 0. The van der Waals surface area contributed by atoms with Crippen LogP contribution >= 0.6 is 0 Å². The van der Waals surface area contributed by atoms with Crippen molar-refractivity contribution in [3.05, 3.63) is 0 Å². The average Bonchev–Trinajstić information content (AvgIpc) is 2.47. The van der Waals surface area contributed by atoms with Gasteiger partial charge in [-0.25, -0.2) is 0 Å². The Kier molecular flexibility index (Phi) is 12.5. The largest absolute Gasteiger partial charge is 0.681 e. The van der Waals surface area contributed by atoms with Crippen LogP contribution in [0.3, 0.4) is 0 Å². The minimum absolute atomic E-state index is 0.396. The van der Waals surface area contributed by atoms with Crippen molar-refractivity contribution >= 4 is 18.1 Å². The molecule has 8 nitrogen and oxygen atoms in total. The van der Waals surface area contributed by atoms with E-state index in [1.54, 1.807) is 13.8 Å². The van der Waals surface area contributed by atoms with Crippen molar-refractivity contribution in [3.8, 4) is 0 Å². The Labute approximate surface area is 155 Å². The van der Waals surface area contributed by atoms with Gasteiger partial charge in [0, 0.05) is 39.6 Å². The monoisotopic (exact) mass is 400 g/mol. The van der Waals surface area contributed by atoms with Gasteiger partial charge in [-0.2, -0.15) is 0 Å². The van der Waals surface area contributed by atoms with E-state index in [0.29, 0.717) is 39.6 Å². The van der Waals surface area contributed by atoms with E-state index in [2.05, 4.69) is 0 Å². The highest BCUT2D eigenvalue weighted by atomic mass is 28.4. The molecule has 0 rings (SSSR count). The van der Waals surface area contributed by atoms with Crippen LogP contribution in [0.4, 0.5) is 0 Å². The maximum absolute atomic E-state index is 6.09. The highest BCUT2D eigenvalue weighted by molar-refractivity contribution is 6.55. The molecule has 0 fully saturated rings. The van der Waals surface area contributed by atoms with E-state index >= 15 is 0 Å². The van der Waals surface area contributed by atoms with Crippen LogP contribution in [0, 0.1) is 0 Å². The van der Waals surface area contributed by atoms with Crippen molar-refractivity contribution in [3.63, 3.8) is 0 Å². The standard InChI is InChI=1S/C15H36O8Si2/c1-9-16-24(17-10-2,18-11-3)22-15(7,8)23-25(19-12-4,20-13-5)21-14-6/h9-14H2,1-8H3. The highest BCUT2D eigenvalue weighted by Gasteiger charge is 2.55. The minimum Gasteiger partial charge on any atom is -0.351 e. The third kappa shape index (κ3) is 9.04. The number of rotatable bonds is 16. The number of hydrogen-bond donors (Lipinski definition) is 0. The first-order valence-corrected chi connectivity index (χ1v) is 12.3. The van der Waals surface area contributed by atoms with Crippen molar-refractivity contribution in [2.24, 2.45) is 0 Å². The van der Waals surface area contributed by atoms with E-state index in [1.807, 2.05) is 41.5 Å². The summed E-state index contributed by atoms with van der Waals surface area (Å²) < 4.78 is 46.5. The van der Waals surface area contributed by atoms with Gasteiger partial charge in [-0.3, -0.25) is 0 Å². The first-order valence-electron chi connectivity index (χ1n) is 9.02. The van der Waals surface area contributed by atoms with Crippen molar-refractivity contribution in [1.29, 1.82) is 0 Å². The highest BCUT2D eigenvalue weighted by Crippen LogP contribution is 2.27. The molecule has 10 heteroatoms. The van der Waals surface area contributed by atoms with Crippen molar-refractivity contribution in [2.45, 2.75) is 61.2 Å². The lowest BCUT2D eigenvalue weighted by molar-refractivity contribution is -0.202. The predicted molar refractivity (Wildman–Crippen MR) is 97.5 cm³/mol. The first-order chi connectivity index (χ1) is 11.8. The molecule has 0 saturated carbocycles. The Balaban J connectivity index is 5.43. The third-order valence-corrected chi connectivity index (χ3v) is 8.00. The summed E-state index contributed by atoms with van der Waals surface area (Å²) in [6.07, 6.45) is 0. The SMILES string of the molecule is CCO[Si](OCC)(OCC)OC(C)(C)O[Si](OCC)(OCC)OCC. The van der Waals surface area contributed by atoms with Crippen molar-refractivity contribution < 1.29 is 35.4 Å². The van der Waals surface area contributed by atoms with Crippen LogP contribution in [-0.4, -0.2) is 63.5 Å². The van der Waals surface area contributed by atoms with E-state index in [4.69, 9.17) is 35.4 Å². The minimum atomic E-state index is -3.37. The molecule has 0 heterocycles. The van der Waals surface area contributed by atoms with Gasteiger partial charge >= 0.3 is 18.1 Å². The van der Waals surface area contributed by atoms with Crippen LogP contribution in [0.5, 0.6) is 0 Å². The van der Waals surface area contributed by atoms with Crippen LogP contribution in [0.15, 0.2) is 0 Å². The normalized spacial score (nSPS) is 13.4. The van der Waals surface area contributed by atoms with Crippen LogP contribution in [0.25, 0.3) is 0 Å². The third-order valence-electron chi connectivity index (χ3n) is 2.67. The van der Waals surface area contributed by atoms with Gasteiger partial charge in [-0.05, 0) is 55.4 Å². The molecule has 0 saturated heterocycles. The van der Waals surface area contributed by atoms with Crippen molar-refractivity contribution in [2.75, 3.05) is 39.6 Å². The zero-order valence-electron chi connectivity index (χ0n) is 17.0. The summed E-state index contributed by atoms with van der Waals surface area (Å²) in [5.74, 6) is -1.16. The van der Waals surface area contributed by atoms with Gasteiger partial charge in [-0.1, -0.05) is 0 Å². The second-order valence-corrected chi connectivity index (χ2v) is 9.34. The zero-order chi connectivity index (χ0) is 19.4. The lowest BCUT2D eigenvalue weighted by Crippen LogP contribution is -2.60. The molecule has 0 bridgehead atoms.